The van der Waals surface area contributed by atoms with Crippen molar-refractivity contribution in [3.63, 3.8) is 0 Å². The number of Topliss-reactive ketones (excluding diaryl/α,β-unsaturated/α-hetero) is 1. The molecule has 0 aliphatic carbocycles. The Kier molecular flexibility index (Phi) is 6.00. The normalized spacial score (nSPS) is 15.1. The molecule has 3 rings (SSSR count). The van der Waals surface area contributed by atoms with Gasteiger partial charge in [-0.3, -0.25) is 14.5 Å². The zero-order valence-corrected chi connectivity index (χ0v) is 15.4. The monoisotopic (exact) mass is 376 g/mol. The van der Waals surface area contributed by atoms with E-state index in [-0.39, 0.29) is 17.5 Å². The van der Waals surface area contributed by atoms with Gasteiger partial charge in [0.2, 0.25) is 0 Å². The maximum absolute atomic E-state index is 12.9. The minimum atomic E-state index is -0.279. The number of carbonyl (C=O) groups excluding carboxylic acids is 2. The number of rotatable bonds is 6. The highest BCUT2D eigenvalue weighted by molar-refractivity contribution is 7.12. The molecule has 5 nitrogen and oxygen atoms in total. The molecule has 1 aromatic carbocycles. The number of ether oxygens (including phenoxy) is 1. The van der Waals surface area contributed by atoms with Crippen LogP contribution in [0.4, 0.5) is 4.39 Å². The molecule has 0 radical (unpaired) electrons. The predicted octanol–water partition coefficient (Wildman–Crippen LogP) is 2.93. The molecule has 138 valence electrons. The van der Waals surface area contributed by atoms with E-state index >= 15 is 0 Å². The smallest absolute Gasteiger partial charge is 0.254 e. The second kappa shape index (κ2) is 8.42. The minimum absolute atomic E-state index is 0.0139. The lowest BCUT2D eigenvalue weighted by Crippen LogP contribution is -2.49. The Bertz CT molecular complexity index is 767. The van der Waals surface area contributed by atoms with Crippen LogP contribution in [0.15, 0.2) is 35.7 Å². The highest BCUT2D eigenvalue weighted by Gasteiger charge is 2.23. The molecule has 1 fully saturated rings. The molecule has 0 bridgehead atoms. The van der Waals surface area contributed by atoms with E-state index in [0.29, 0.717) is 35.9 Å². The van der Waals surface area contributed by atoms with Crippen molar-refractivity contribution < 1.29 is 18.7 Å². The Morgan fingerprint density at radius 3 is 2.46 bits per heavy atom. The minimum Gasteiger partial charge on any atom is -0.492 e. The highest BCUT2D eigenvalue weighted by Crippen LogP contribution is 2.18. The number of benzene rings is 1. The van der Waals surface area contributed by atoms with Crippen LogP contribution in [0.3, 0.4) is 0 Å². The number of halogens is 1. The maximum atomic E-state index is 12.9. The largest absolute Gasteiger partial charge is 0.492 e. The number of piperazine rings is 1. The summed E-state index contributed by atoms with van der Waals surface area (Å²) >= 11 is 1.31. The van der Waals surface area contributed by atoms with Crippen LogP contribution in [0, 0.1) is 5.82 Å². The van der Waals surface area contributed by atoms with E-state index < -0.39 is 0 Å². The van der Waals surface area contributed by atoms with Crippen molar-refractivity contribution in [2.75, 3.05) is 39.3 Å². The Hall–Kier alpha value is -2.25. The number of hydrogen-bond donors (Lipinski definition) is 0. The third-order valence-corrected chi connectivity index (χ3v) is 5.37. The number of nitrogens with zero attached hydrogens (tertiary/aromatic N) is 2. The zero-order chi connectivity index (χ0) is 18.5. The van der Waals surface area contributed by atoms with Gasteiger partial charge in [0.25, 0.3) is 5.91 Å². The average molecular weight is 376 g/mol. The molecular weight excluding hydrogens is 355 g/mol. The summed E-state index contributed by atoms with van der Waals surface area (Å²) in [6.07, 6.45) is 0. The summed E-state index contributed by atoms with van der Waals surface area (Å²) in [5.74, 6) is 0.342. The van der Waals surface area contributed by atoms with E-state index in [4.69, 9.17) is 4.74 Å². The van der Waals surface area contributed by atoms with Crippen molar-refractivity contribution in [3.8, 4) is 5.75 Å². The summed E-state index contributed by atoms with van der Waals surface area (Å²) in [6.45, 7) is 5.65. The zero-order valence-electron chi connectivity index (χ0n) is 14.6. The molecule has 0 atom stereocenters. The first-order valence-electron chi connectivity index (χ1n) is 8.52. The van der Waals surface area contributed by atoms with Gasteiger partial charge in [-0.25, -0.2) is 4.39 Å². The number of ketones is 1. The fourth-order valence-corrected chi connectivity index (χ4v) is 3.60. The van der Waals surface area contributed by atoms with Crippen LogP contribution < -0.4 is 4.74 Å². The second-order valence-corrected chi connectivity index (χ2v) is 7.10. The molecule has 7 heteroatoms. The molecule has 1 aromatic heterocycles. The molecule has 0 spiro atoms. The van der Waals surface area contributed by atoms with E-state index in [0.717, 1.165) is 19.6 Å². The topological polar surface area (TPSA) is 49.9 Å². The van der Waals surface area contributed by atoms with Crippen LogP contribution in [0.1, 0.15) is 27.0 Å². The van der Waals surface area contributed by atoms with Crippen LogP contribution in [0.25, 0.3) is 0 Å². The molecule has 1 amide bonds. The van der Waals surface area contributed by atoms with E-state index in [9.17, 15) is 14.0 Å². The summed E-state index contributed by atoms with van der Waals surface area (Å²) in [5, 5.41) is 1.75. The van der Waals surface area contributed by atoms with Crippen molar-refractivity contribution in [1.82, 2.24) is 9.80 Å². The molecule has 0 N–H and O–H groups in total. The molecular formula is C19H21FN2O3S. The van der Waals surface area contributed by atoms with Gasteiger partial charge in [-0.15, -0.1) is 11.3 Å². The van der Waals surface area contributed by atoms with Gasteiger partial charge < -0.3 is 9.64 Å². The van der Waals surface area contributed by atoms with Gasteiger partial charge in [0, 0.05) is 38.1 Å². The van der Waals surface area contributed by atoms with Crippen LogP contribution in [0.5, 0.6) is 5.75 Å². The summed E-state index contributed by atoms with van der Waals surface area (Å²) in [5.41, 5.74) is 0.591. The van der Waals surface area contributed by atoms with Crippen LogP contribution in [0.2, 0.25) is 0 Å². The molecule has 0 unspecified atom stereocenters. The van der Waals surface area contributed by atoms with E-state index in [1.165, 1.54) is 30.4 Å². The summed E-state index contributed by atoms with van der Waals surface area (Å²) in [6, 6.07) is 7.66. The van der Waals surface area contributed by atoms with Gasteiger partial charge >= 0.3 is 0 Å². The lowest BCUT2D eigenvalue weighted by atomic mass is 10.2. The first-order valence-corrected chi connectivity index (χ1v) is 9.40. The van der Waals surface area contributed by atoms with Crippen molar-refractivity contribution in [3.05, 3.63) is 52.0 Å². The first kappa shape index (κ1) is 18.5. The lowest BCUT2D eigenvalue weighted by molar-refractivity contribution is 0.0621. The molecule has 1 saturated heterocycles. The molecule has 2 heterocycles. The SMILES string of the molecule is CC(=O)c1cc(C(=O)N2CCN(CCOc3ccc(F)cc3)CC2)cs1. The fourth-order valence-electron chi connectivity index (χ4n) is 2.81. The average Bonchev–Trinajstić information content (AvgIpc) is 3.14. The van der Waals surface area contributed by atoms with E-state index in [1.54, 1.807) is 23.6 Å². The van der Waals surface area contributed by atoms with E-state index in [2.05, 4.69) is 4.90 Å². The first-order chi connectivity index (χ1) is 12.5. The van der Waals surface area contributed by atoms with Gasteiger partial charge in [0.05, 0.1) is 10.4 Å². The standard InChI is InChI=1S/C19H21FN2O3S/c1-14(23)18-12-15(13-26-18)19(24)22-8-6-21(7-9-22)10-11-25-17-4-2-16(20)3-5-17/h2-5,12-13H,6-11H2,1H3. The van der Waals surface area contributed by atoms with Gasteiger partial charge in [-0.2, -0.15) is 0 Å². The van der Waals surface area contributed by atoms with E-state index in [1.807, 2.05) is 4.90 Å². The summed E-state index contributed by atoms with van der Waals surface area (Å²) < 4.78 is 18.5. The Morgan fingerprint density at radius 1 is 1.15 bits per heavy atom. The Morgan fingerprint density at radius 2 is 1.85 bits per heavy atom. The van der Waals surface area contributed by atoms with Crippen LogP contribution in [-0.2, 0) is 0 Å². The molecule has 2 aromatic rings. The van der Waals surface area contributed by atoms with Crippen LogP contribution in [-0.4, -0.2) is 60.8 Å². The van der Waals surface area contributed by atoms with Gasteiger partial charge in [-0.1, -0.05) is 0 Å². The Labute approximate surface area is 156 Å². The quantitative estimate of drug-likeness (QED) is 0.728. The second-order valence-electron chi connectivity index (χ2n) is 6.19. The molecule has 1 aliphatic rings. The van der Waals surface area contributed by atoms with Crippen molar-refractivity contribution >= 4 is 23.0 Å². The van der Waals surface area contributed by atoms with Gasteiger partial charge in [-0.05, 0) is 37.3 Å². The number of carbonyl (C=O) groups is 2. The third kappa shape index (κ3) is 4.68. The number of thiophene rings is 1. The van der Waals surface area contributed by atoms with Crippen LogP contribution >= 0.6 is 11.3 Å². The third-order valence-electron chi connectivity index (χ3n) is 4.34. The molecule has 1 aliphatic heterocycles. The number of hydrogen-bond acceptors (Lipinski definition) is 5. The Balaban J connectivity index is 1.42. The van der Waals surface area contributed by atoms with Gasteiger partial charge in [0.1, 0.15) is 18.2 Å². The molecule has 26 heavy (non-hydrogen) atoms. The van der Waals surface area contributed by atoms with Crippen molar-refractivity contribution in [1.29, 1.82) is 0 Å². The van der Waals surface area contributed by atoms with Crippen molar-refractivity contribution in [2.24, 2.45) is 0 Å². The summed E-state index contributed by atoms with van der Waals surface area (Å²) in [7, 11) is 0. The highest BCUT2D eigenvalue weighted by atomic mass is 32.1. The predicted molar refractivity (Wildman–Crippen MR) is 98.6 cm³/mol. The maximum Gasteiger partial charge on any atom is 0.254 e. The summed E-state index contributed by atoms with van der Waals surface area (Å²) in [4.78, 5) is 28.6. The fraction of sp³-hybridized carbons (Fsp3) is 0.368. The van der Waals surface area contributed by atoms with Crippen molar-refractivity contribution in [2.45, 2.75) is 6.92 Å². The lowest BCUT2D eigenvalue weighted by Gasteiger charge is -2.34. The number of amides is 1. The molecule has 0 saturated carbocycles. The van der Waals surface area contributed by atoms with Gasteiger partial charge in [0.15, 0.2) is 5.78 Å².